The molecule has 6 heteroatoms. The summed E-state index contributed by atoms with van der Waals surface area (Å²) >= 11 is 6.34. The van der Waals surface area contributed by atoms with Crippen LogP contribution in [0.25, 0.3) is 0 Å². The zero-order valence-electron chi connectivity index (χ0n) is 12.9. The number of ketones is 1. The van der Waals surface area contributed by atoms with Crippen molar-refractivity contribution in [3.05, 3.63) is 65.7 Å². The average Bonchev–Trinajstić information content (AvgIpc) is 2.53. The number of carbonyl (C=O) groups excluding carboxylic acids is 1. The van der Waals surface area contributed by atoms with Crippen molar-refractivity contribution in [3.63, 3.8) is 0 Å². The Morgan fingerprint density at radius 1 is 1.04 bits per heavy atom. The lowest BCUT2D eigenvalue weighted by molar-refractivity contribution is -0.118. The summed E-state index contributed by atoms with van der Waals surface area (Å²) in [6, 6.07) is 14.3. The molecule has 0 saturated heterocycles. The summed E-state index contributed by atoms with van der Waals surface area (Å²) in [6.45, 7) is 3.19. The van der Waals surface area contributed by atoms with Crippen molar-refractivity contribution in [3.8, 4) is 0 Å². The first kappa shape index (κ1) is 17.7. The lowest BCUT2D eigenvalue weighted by atomic mass is 10.0. The van der Waals surface area contributed by atoms with E-state index in [9.17, 15) is 13.2 Å². The molecule has 0 spiro atoms. The molecule has 2 atom stereocenters. The largest absolute Gasteiger partial charge is 0.298 e. The molecular formula is C17H18ClNO3S. The number of carbonyl (C=O) groups is 1. The minimum atomic E-state index is -3.83. The summed E-state index contributed by atoms with van der Waals surface area (Å²) in [5.41, 5.74) is 1.63. The molecule has 2 aromatic carbocycles. The molecule has 0 aliphatic carbocycles. The Labute approximate surface area is 141 Å². The maximum Gasteiger partial charge on any atom is 0.241 e. The highest BCUT2D eigenvalue weighted by Gasteiger charge is 2.30. The molecule has 1 N–H and O–H groups in total. The molecule has 4 nitrogen and oxygen atoms in total. The number of Topliss-reactive ketones (excluding diaryl/α,β-unsaturated/α-hetero) is 1. The van der Waals surface area contributed by atoms with Crippen molar-refractivity contribution >= 4 is 27.4 Å². The normalized spacial score (nSPS) is 14.2. The van der Waals surface area contributed by atoms with Crippen molar-refractivity contribution in [2.24, 2.45) is 0 Å². The molecule has 2 unspecified atom stereocenters. The molecule has 0 saturated carbocycles. The third-order valence-corrected chi connectivity index (χ3v) is 5.42. The van der Waals surface area contributed by atoms with Crippen LogP contribution >= 0.6 is 11.6 Å². The van der Waals surface area contributed by atoms with Gasteiger partial charge in [-0.05, 0) is 31.5 Å². The van der Waals surface area contributed by atoms with E-state index in [1.165, 1.54) is 19.1 Å². The van der Waals surface area contributed by atoms with E-state index in [0.717, 1.165) is 5.56 Å². The van der Waals surface area contributed by atoms with Gasteiger partial charge >= 0.3 is 0 Å². The van der Waals surface area contributed by atoms with Crippen molar-refractivity contribution in [1.82, 2.24) is 4.72 Å². The van der Waals surface area contributed by atoms with Crippen LogP contribution in [0.3, 0.4) is 0 Å². The lowest BCUT2D eigenvalue weighted by Gasteiger charge is -2.21. The molecule has 0 heterocycles. The van der Waals surface area contributed by atoms with Gasteiger partial charge in [0.1, 0.15) is 11.8 Å². The Bertz CT molecular complexity index is 773. The van der Waals surface area contributed by atoms with Gasteiger partial charge in [-0.25, -0.2) is 8.42 Å². The van der Waals surface area contributed by atoms with Gasteiger partial charge in [-0.15, -0.1) is 11.6 Å². The van der Waals surface area contributed by atoms with Crippen LogP contribution in [0.1, 0.15) is 23.4 Å². The molecule has 0 amide bonds. The molecule has 122 valence electrons. The van der Waals surface area contributed by atoms with Crippen LogP contribution in [0.5, 0.6) is 0 Å². The first-order valence-electron chi connectivity index (χ1n) is 7.10. The molecular weight excluding hydrogens is 334 g/mol. The fourth-order valence-electron chi connectivity index (χ4n) is 2.13. The van der Waals surface area contributed by atoms with Crippen LogP contribution in [0.2, 0.25) is 0 Å². The van der Waals surface area contributed by atoms with Gasteiger partial charge in [0, 0.05) is 0 Å². The Morgan fingerprint density at radius 2 is 1.61 bits per heavy atom. The zero-order valence-corrected chi connectivity index (χ0v) is 14.4. The van der Waals surface area contributed by atoms with E-state index in [1.54, 1.807) is 36.4 Å². The summed E-state index contributed by atoms with van der Waals surface area (Å²) in [5, 5.41) is -0.783. The summed E-state index contributed by atoms with van der Waals surface area (Å²) in [4.78, 5) is 12.0. The fraction of sp³-hybridized carbons (Fsp3) is 0.235. The second kappa shape index (κ2) is 7.25. The van der Waals surface area contributed by atoms with Crippen LogP contribution in [-0.2, 0) is 14.8 Å². The molecule has 0 radical (unpaired) electrons. The smallest absolute Gasteiger partial charge is 0.241 e. The molecule has 0 aromatic heterocycles. The number of halogens is 1. The highest BCUT2D eigenvalue weighted by Crippen LogP contribution is 2.26. The van der Waals surface area contributed by atoms with Crippen LogP contribution in [0.4, 0.5) is 0 Å². The van der Waals surface area contributed by atoms with Crippen molar-refractivity contribution in [1.29, 1.82) is 0 Å². The van der Waals surface area contributed by atoms with Crippen LogP contribution in [0, 0.1) is 6.92 Å². The van der Waals surface area contributed by atoms with Gasteiger partial charge in [0.2, 0.25) is 10.0 Å². The summed E-state index contributed by atoms with van der Waals surface area (Å²) in [7, 11) is -3.83. The minimum Gasteiger partial charge on any atom is -0.298 e. The van der Waals surface area contributed by atoms with Crippen LogP contribution in [0.15, 0.2) is 59.5 Å². The molecule has 0 aliphatic heterocycles. The predicted octanol–water partition coefficient (Wildman–Crippen LogP) is 3.21. The van der Waals surface area contributed by atoms with E-state index in [0.29, 0.717) is 5.56 Å². The third-order valence-electron chi connectivity index (χ3n) is 3.46. The van der Waals surface area contributed by atoms with E-state index < -0.39 is 21.4 Å². The zero-order chi connectivity index (χ0) is 17.0. The number of aryl methyl sites for hydroxylation is 1. The Balaban J connectivity index is 2.29. The summed E-state index contributed by atoms with van der Waals surface area (Å²) < 4.78 is 27.4. The maximum atomic E-state index is 12.5. The first-order chi connectivity index (χ1) is 10.8. The monoisotopic (exact) mass is 351 g/mol. The third kappa shape index (κ3) is 4.41. The van der Waals surface area contributed by atoms with E-state index in [1.807, 2.05) is 13.0 Å². The Morgan fingerprint density at radius 3 is 2.13 bits per heavy atom. The van der Waals surface area contributed by atoms with Gasteiger partial charge in [-0.1, -0.05) is 48.0 Å². The van der Waals surface area contributed by atoms with Gasteiger partial charge in [-0.3, -0.25) is 4.79 Å². The number of hydrogen-bond acceptors (Lipinski definition) is 3. The fourth-order valence-corrected chi connectivity index (χ4v) is 3.86. The second-order valence-corrected chi connectivity index (χ2v) is 7.52. The predicted molar refractivity (Wildman–Crippen MR) is 91.0 cm³/mol. The van der Waals surface area contributed by atoms with Gasteiger partial charge in [0.15, 0.2) is 0 Å². The number of hydrogen-bond donors (Lipinski definition) is 1. The van der Waals surface area contributed by atoms with E-state index in [4.69, 9.17) is 11.6 Å². The number of benzene rings is 2. The van der Waals surface area contributed by atoms with Crippen LogP contribution < -0.4 is 4.72 Å². The highest BCUT2D eigenvalue weighted by molar-refractivity contribution is 7.89. The van der Waals surface area contributed by atoms with Gasteiger partial charge < -0.3 is 0 Å². The number of sulfonamides is 1. The topological polar surface area (TPSA) is 63.2 Å². The highest BCUT2D eigenvalue weighted by atomic mass is 35.5. The van der Waals surface area contributed by atoms with Crippen molar-refractivity contribution < 1.29 is 13.2 Å². The Kier molecular flexibility index (Phi) is 5.57. The van der Waals surface area contributed by atoms with E-state index >= 15 is 0 Å². The van der Waals surface area contributed by atoms with E-state index in [2.05, 4.69) is 4.72 Å². The Hall–Kier alpha value is -1.69. The number of alkyl halides is 1. The van der Waals surface area contributed by atoms with Crippen molar-refractivity contribution in [2.45, 2.75) is 30.2 Å². The summed E-state index contributed by atoms with van der Waals surface area (Å²) in [6.07, 6.45) is 0. The maximum absolute atomic E-state index is 12.5. The molecule has 2 aromatic rings. The van der Waals surface area contributed by atoms with Gasteiger partial charge in [0.25, 0.3) is 0 Å². The van der Waals surface area contributed by atoms with Crippen molar-refractivity contribution in [2.75, 3.05) is 0 Å². The van der Waals surface area contributed by atoms with Crippen LogP contribution in [-0.4, -0.2) is 20.2 Å². The molecule has 0 fully saturated rings. The molecule has 2 rings (SSSR count). The number of nitrogens with one attached hydrogen (secondary N) is 1. The molecule has 0 bridgehead atoms. The minimum absolute atomic E-state index is 0.103. The average molecular weight is 352 g/mol. The SMILES string of the molecule is CC(=O)C(NS(=O)(=O)c1ccc(C)cc1)C(Cl)c1ccccc1. The standard InChI is InChI=1S/C17H18ClNO3S/c1-12-8-10-15(11-9-12)23(21,22)19-17(13(2)20)16(18)14-6-4-3-5-7-14/h3-11,16-17,19H,1-2H3. The second-order valence-electron chi connectivity index (χ2n) is 5.34. The number of rotatable bonds is 6. The summed E-state index contributed by atoms with van der Waals surface area (Å²) in [5.74, 6) is -0.343. The first-order valence-corrected chi connectivity index (χ1v) is 9.01. The van der Waals surface area contributed by atoms with E-state index in [-0.39, 0.29) is 10.7 Å². The van der Waals surface area contributed by atoms with Gasteiger partial charge in [-0.2, -0.15) is 4.72 Å². The quantitative estimate of drug-likeness (QED) is 0.813. The lowest BCUT2D eigenvalue weighted by Crippen LogP contribution is -2.42. The van der Waals surface area contributed by atoms with Gasteiger partial charge in [0.05, 0.1) is 10.3 Å². The molecule has 0 aliphatic rings. The molecule has 23 heavy (non-hydrogen) atoms.